The number of nitrogens with two attached hydrogens (primary N) is 1. The fourth-order valence-corrected chi connectivity index (χ4v) is 6.17. The van der Waals surface area contributed by atoms with Crippen LogP contribution in [-0.2, 0) is 4.84 Å². The van der Waals surface area contributed by atoms with Gasteiger partial charge in [-0.05, 0) is 46.2 Å². The fraction of sp³-hybridized carbons (Fsp3) is 1.00. The molecule has 3 saturated heterocycles. The highest BCUT2D eigenvalue weighted by Crippen LogP contribution is 2.39. The van der Waals surface area contributed by atoms with Crippen LogP contribution in [0, 0.1) is 17.8 Å². The third-order valence-corrected chi connectivity index (χ3v) is 8.11. The molecule has 0 aromatic heterocycles. The highest BCUT2D eigenvalue weighted by Gasteiger charge is 2.46. The molecule has 5 N–H and O–H groups in total. The Morgan fingerprint density at radius 1 is 1.07 bits per heavy atom. The van der Waals surface area contributed by atoms with Crippen LogP contribution in [0.15, 0.2) is 0 Å². The number of piperidine rings is 1. The van der Waals surface area contributed by atoms with Crippen LogP contribution in [-0.4, -0.2) is 69.4 Å². The summed E-state index contributed by atoms with van der Waals surface area (Å²) in [5, 5.41) is 6.13. The molecule has 1 aliphatic carbocycles. The van der Waals surface area contributed by atoms with E-state index in [9.17, 15) is 13.2 Å². The van der Waals surface area contributed by atoms with Crippen LogP contribution in [0.1, 0.15) is 51.4 Å². The number of alkyl halides is 3. The van der Waals surface area contributed by atoms with Crippen molar-refractivity contribution in [2.75, 3.05) is 33.7 Å². The molecule has 0 radical (unpaired) electrons. The lowest BCUT2D eigenvalue weighted by atomic mass is 9.81. The summed E-state index contributed by atoms with van der Waals surface area (Å²) in [6.07, 6.45) is 3.46. The summed E-state index contributed by atoms with van der Waals surface area (Å²) in [5.41, 5.74) is 3.26. The lowest BCUT2D eigenvalue weighted by Gasteiger charge is -2.34. The molecule has 30 heavy (non-hydrogen) atoms. The van der Waals surface area contributed by atoms with Crippen LogP contribution >= 0.6 is 0 Å². The van der Waals surface area contributed by atoms with E-state index in [1.165, 1.54) is 24.2 Å². The zero-order valence-corrected chi connectivity index (χ0v) is 18.4. The van der Waals surface area contributed by atoms with Gasteiger partial charge in [-0.2, -0.15) is 18.7 Å². The molecule has 1 saturated carbocycles. The van der Waals surface area contributed by atoms with Crippen molar-refractivity contribution in [3.63, 3.8) is 0 Å². The molecule has 3 heterocycles. The van der Waals surface area contributed by atoms with Crippen molar-refractivity contribution in [2.45, 2.75) is 82.1 Å². The molecule has 174 valence electrons. The third kappa shape index (κ3) is 5.30. The van der Waals surface area contributed by atoms with Crippen LogP contribution in [0.25, 0.3) is 0 Å². The number of rotatable bonds is 5. The van der Waals surface area contributed by atoms with Crippen molar-refractivity contribution in [3.8, 4) is 0 Å². The molecule has 4 aliphatic rings. The molecule has 0 amide bonds. The predicted molar refractivity (Wildman–Crippen MR) is 107 cm³/mol. The Bertz CT molecular complexity index is 547. The van der Waals surface area contributed by atoms with Crippen LogP contribution in [0.3, 0.4) is 0 Å². The average Bonchev–Trinajstić information content (AvgIpc) is 3.37. The molecule has 3 aliphatic heterocycles. The largest absolute Gasteiger partial charge is 0.391 e. The standard InChI is InChI=1S/C21H38F3N5O/c1-28(2)18-10-7-15(12-25-18)19-26-20(30-27-19)17-4-3-11-29(17)13-14-5-8-16(9-6-14)21(22,23)24/h14-20,25-27H,3-13H2,1-2H3/p+2. The van der Waals surface area contributed by atoms with Gasteiger partial charge in [0.1, 0.15) is 12.2 Å². The van der Waals surface area contributed by atoms with Crippen molar-refractivity contribution < 1.29 is 28.2 Å². The van der Waals surface area contributed by atoms with Gasteiger partial charge < -0.3 is 10.2 Å². The molecule has 0 bridgehead atoms. The van der Waals surface area contributed by atoms with Gasteiger partial charge >= 0.3 is 6.18 Å². The molecule has 0 spiro atoms. The maximum absolute atomic E-state index is 12.9. The van der Waals surface area contributed by atoms with Crippen LogP contribution in [0.2, 0.25) is 0 Å². The molecule has 9 heteroatoms. The summed E-state index contributed by atoms with van der Waals surface area (Å²) in [5.74, 6) is -0.115. The van der Waals surface area contributed by atoms with Gasteiger partial charge in [0, 0.05) is 31.1 Å². The highest BCUT2D eigenvalue weighted by atomic mass is 19.4. The lowest BCUT2D eigenvalue weighted by molar-refractivity contribution is -0.919. The second-order valence-corrected chi connectivity index (χ2v) is 10.3. The molecular formula is C21H40F3N5O+2. The number of hydroxylamine groups is 1. The first-order valence-corrected chi connectivity index (χ1v) is 11.9. The minimum absolute atomic E-state index is 0.00517. The monoisotopic (exact) mass is 435 g/mol. The summed E-state index contributed by atoms with van der Waals surface area (Å²) >= 11 is 0. The Morgan fingerprint density at radius 2 is 1.83 bits per heavy atom. The first kappa shape index (κ1) is 22.7. The van der Waals surface area contributed by atoms with E-state index in [-0.39, 0.29) is 12.4 Å². The van der Waals surface area contributed by atoms with Gasteiger partial charge in [-0.3, -0.25) is 15.1 Å². The van der Waals surface area contributed by atoms with Crippen LogP contribution in [0.5, 0.6) is 0 Å². The highest BCUT2D eigenvalue weighted by molar-refractivity contribution is 4.84. The number of nitrogens with zero attached hydrogens (tertiary/aromatic N) is 1. The maximum atomic E-state index is 12.9. The summed E-state index contributed by atoms with van der Waals surface area (Å²) in [4.78, 5) is 9.81. The van der Waals surface area contributed by atoms with E-state index in [1.54, 1.807) is 0 Å². The Hall–Kier alpha value is -0.450. The summed E-state index contributed by atoms with van der Waals surface area (Å²) < 4.78 is 38.8. The van der Waals surface area contributed by atoms with Gasteiger partial charge in [0.2, 0.25) is 0 Å². The van der Waals surface area contributed by atoms with Crippen LogP contribution in [0.4, 0.5) is 13.2 Å². The van der Waals surface area contributed by atoms with Crippen molar-refractivity contribution >= 4 is 0 Å². The van der Waals surface area contributed by atoms with E-state index in [2.05, 4.69) is 35.1 Å². The predicted octanol–water partition coefficient (Wildman–Crippen LogP) is 0.0401. The Kier molecular flexibility index (Phi) is 7.26. The van der Waals surface area contributed by atoms with Gasteiger partial charge in [-0.25, -0.2) is 0 Å². The number of halogens is 3. The summed E-state index contributed by atoms with van der Waals surface area (Å²) in [6.45, 7) is 3.19. The first-order valence-electron chi connectivity index (χ1n) is 11.9. The van der Waals surface area contributed by atoms with Gasteiger partial charge in [0.15, 0.2) is 6.23 Å². The van der Waals surface area contributed by atoms with E-state index in [0.29, 0.717) is 49.7 Å². The smallest absolute Gasteiger partial charge is 0.331 e. The van der Waals surface area contributed by atoms with Crippen molar-refractivity contribution in [3.05, 3.63) is 0 Å². The second kappa shape index (κ2) is 9.58. The topological polar surface area (TPSA) is 57.6 Å². The molecule has 4 rings (SSSR count). The molecule has 6 nitrogen and oxygen atoms in total. The number of hydrogen-bond acceptors (Lipinski definition) is 4. The zero-order valence-electron chi connectivity index (χ0n) is 18.4. The molecule has 6 atom stereocenters. The Morgan fingerprint density at radius 3 is 2.47 bits per heavy atom. The molecule has 0 aromatic rings. The van der Waals surface area contributed by atoms with Gasteiger partial charge in [-0.1, -0.05) is 0 Å². The molecule has 4 fully saturated rings. The quantitative estimate of drug-likeness (QED) is 0.493. The summed E-state index contributed by atoms with van der Waals surface area (Å²) in [6, 6.07) is 0.393. The average molecular weight is 436 g/mol. The van der Waals surface area contributed by atoms with Gasteiger partial charge in [-0.15, -0.1) is 0 Å². The van der Waals surface area contributed by atoms with Gasteiger partial charge in [0.05, 0.1) is 31.7 Å². The number of quaternary nitrogens is 2. The first-order chi connectivity index (χ1) is 14.3. The normalized spacial score (nSPS) is 43.4. The van der Waals surface area contributed by atoms with Gasteiger partial charge in [0.25, 0.3) is 0 Å². The SMILES string of the molecule is CN(C)C1CCC(C2NOC(C3CCC[NH+]3CC3CCC(C(F)(F)F)CC3)N2)C[NH2+]1. The Balaban J connectivity index is 1.24. The number of likely N-dealkylation sites (tertiary alicyclic amines) is 1. The minimum Gasteiger partial charge on any atom is -0.331 e. The van der Waals surface area contributed by atoms with Crippen molar-refractivity contribution in [1.29, 1.82) is 0 Å². The fourth-order valence-electron chi connectivity index (χ4n) is 6.17. The Labute approximate surface area is 178 Å². The third-order valence-electron chi connectivity index (χ3n) is 8.11. The molecule has 0 aromatic carbocycles. The van der Waals surface area contributed by atoms with E-state index in [1.807, 2.05) is 0 Å². The van der Waals surface area contributed by atoms with Crippen molar-refractivity contribution in [2.24, 2.45) is 17.8 Å². The minimum atomic E-state index is -4.01. The van der Waals surface area contributed by atoms with Crippen LogP contribution < -0.4 is 21.0 Å². The maximum Gasteiger partial charge on any atom is 0.391 e. The van der Waals surface area contributed by atoms with E-state index < -0.39 is 12.1 Å². The number of hydrogen-bond donors (Lipinski definition) is 4. The number of nitrogens with one attached hydrogen (secondary N) is 3. The second-order valence-electron chi connectivity index (χ2n) is 10.3. The molecular weight excluding hydrogens is 395 g/mol. The van der Waals surface area contributed by atoms with E-state index in [0.717, 1.165) is 26.1 Å². The van der Waals surface area contributed by atoms with E-state index in [4.69, 9.17) is 4.84 Å². The molecule has 6 unspecified atom stereocenters. The lowest BCUT2D eigenvalue weighted by Crippen LogP contribution is -3.15. The van der Waals surface area contributed by atoms with E-state index >= 15 is 0 Å². The summed E-state index contributed by atoms with van der Waals surface area (Å²) in [7, 11) is 4.28. The zero-order chi connectivity index (χ0) is 21.3. The van der Waals surface area contributed by atoms with Crippen molar-refractivity contribution in [1.82, 2.24) is 15.7 Å².